The summed E-state index contributed by atoms with van der Waals surface area (Å²) in [5.41, 5.74) is 20.2. The smallest absolute Gasteiger partial charge is 0.410 e. The number of nitrogens with zero attached hydrogens (tertiary/aromatic N) is 7. The van der Waals surface area contributed by atoms with Crippen molar-refractivity contribution in [2.24, 2.45) is 0 Å². The first-order valence-electron chi connectivity index (χ1n) is 17.3. The molecule has 16 nitrogen and oxygen atoms in total. The van der Waals surface area contributed by atoms with Gasteiger partial charge in [0.25, 0.3) is 0 Å². The number of anilines is 2. The maximum Gasteiger partial charge on any atom is 0.410 e. The zero-order chi connectivity index (χ0) is 37.3. The molecule has 53 heavy (non-hydrogen) atoms. The van der Waals surface area contributed by atoms with E-state index in [4.69, 9.17) is 21.2 Å². The summed E-state index contributed by atoms with van der Waals surface area (Å²) in [4.78, 5) is 39.0. The van der Waals surface area contributed by atoms with Gasteiger partial charge in [-0.3, -0.25) is 10.2 Å². The lowest BCUT2D eigenvalue weighted by atomic mass is 10.1. The Morgan fingerprint density at radius 2 is 1.30 bits per heavy atom. The quantitative estimate of drug-likeness (QED) is 0.0959. The predicted molar refractivity (Wildman–Crippen MR) is 206 cm³/mol. The van der Waals surface area contributed by atoms with Gasteiger partial charge in [-0.15, -0.1) is 0 Å². The monoisotopic (exact) mass is 714 g/mol. The van der Waals surface area contributed by atoms with Crippen molar-refractivity contribution in [1.82, 2.24) is 60.5 Å². The normalized spacial score (nSPS) is 11.7. The molecule has 0 saturated carbocycles. The van der Waals surface area contributed by atoms with Crippen LogP contribution in [0.4, 0.5) is 16.4 Å². The van der Waals surface area contributed by atoms with Crippen LogP contribution in [0.2, 0.25) is 0 Å². The zero-order valence-electron chi connectivity index (χ0n) is 30.2. The van der Waals surface area contributed by atoms with Crippen molar-refractivity contribution in [1.29, 1.82) is 0 Å². The second kappa shape index (κ2) is 14.2. The van der Waals surface area contributed by atoms with Crippen LogP contribution in [0, 0.1) is 0 Å². The lowest BCUT2D eigenvalue weighted by Crippen LogP contribution is -2.36. The van der Waals surface area contributed by atoms with E-state index in [1.165, 1.54) is 0 Å². The van der Waals surface area contributed by atoms with Gasteiger partial charge in [0.1, 0.15) is 51.0 Å². The number of rotatable bonds is 8. The van der Waals surface area contributed by atoms with Gasteiger partial charge in [-0.05, 0) is 70.6 Å². The molecular formula is C37H42N14O2. The van der Waals surface area contributed by atoms with E-state index in [1.807, 2.05) is 76.2 Å². The number of aromatic amines is 4. The molecule has 1 amide bonds. The van der Waals surface area contributed by atoms with Crippen LogP contribution in [0.25, 0.3) is 66.4 Å². The molecule has 0 radical (unpaired) electrons. The van der Waals surface area contributed by atoms with Crippen LogP contribution in [0.3, 0.4) is 0 Å². The summed E-state index contributed by atoms with van der Waals surface area (Å²) < 4.78 is 5.48. The molecule has 0 saturated heterocycles. The van der Waals surface area contributed by atoms with Gasteiger partial charge in [0.05, 0.1) is 35.5 Å². The van der Waals surface area contributed by atoms with Gasteiger partial charge >= 0.3 is 6.09 Å². The molecule has 8 rings (SSSR count). The van der Waals surface area contributed by atoms with E-state index in [2.05, 4.69) is 57.6 Å². The Labute approximate surface area is 304 Å². The summed E-state index contributed by atoms with van der Waals surface area (Å²) in [7, 11) is 0. The summed E-state index contributed by atoms with van der Waals surface area (Å²) >= 11 is 0. The van der Waals surface area contributed by atoms with Crippen molar-refractivity contribution in [3.8, 4) is 22.5 Å². The number of carbonyl (C=O) groups is 1. The van der Waals surface area contributed by atoms with Gasteiger partial charge in [0, 0.05) is 40.8 Å². The third kappa shape index (κ3) is 7.30. The van der Waals surface area contributed by atoms with E-state index in [-0.39, 0.29) is 12.6 Å². The van der Waals surface area contributed by atoms with Crippen molar-refractivity contribution >= 4 is 61.6 Å². The Morgan fingerprint density at radius 1 is 0.774 bits per heavy atom. The Hall–Kier alpha value is -6.55. The number of aromatic nitrogens is 10. The number of nitrogens with two attached hydrogens (primary N) is 2. The van der Waals surface area contributed by atoms with Gasteiger partial charge in [-0.1, -0.05) is 19.1 Å². The third-order valence-electron chi connectivity index (χ3n) is 8.55. The lowest BCUT2D eigenvalue weighted by Gasteiger charge is -2.25. The first kappa shape index (κ1) is 34.9. The highest BCUT2D eigenvalue weighted by Crippen LogP contribution is 2.31. The van der Waals surface area contributed by atoms with Crippen LogP contribution in [-0.2, 0) is 17.8 Å². The Balaban J connectivity index is 0.000000170. The summed E-state index contributed by atoms with van der Waals surface area (Å²) in [5.74, 6) is 2.31. The van der Waals surface area contributed by atoms with E-state index < -0.39 is 5.60 Å². The van der Waals surface area contributed by atoms with E-state index in [0.717, 1.165) is 73.2 Å². The number of benzene rings is 2. The molecule has 0 fully saturated rings. The van der Waals surface area contributed by atoms with Crippen molar-refractivity contribution in [2.75, 3.05) is 24.6 Å². The van der Waals surface area contributed by atoms with Crippen LogP contribution >= 0.6 is 0 Å². The molecule has 9 N–H and O–H groups in total. The number of nitrogens with one attached hydrogen (secondary N) is 5. The summed E-state index contributed by atoms with van der Waals surface area (Å²) in [6, 6.07) is 15.8. The standard InChI is InChI=1S/C21H25N7O2.C16H17N7/c1-5-28(20(29)30-21(2,3)4)11-16-25-17-13-7-6-12(14-8-9-23-27-14)10-15(13)24-19(22)18(17)26-16;1-2-18-8-13-21-14-10-4-3-9(11-5-6-19-23-11)7-12(10)20-16(17)15(14)22-13/h6-10H,5,11H2,1-4H3,(H2,22,24)(H,23,27)(H,25,26);3-7,18H,2,8H2,1H3,(H2,17,20)(H,19,23)(H,21,22). The molecule has 16 heteroatoms. The van der Waals surface area contributed by atoms with Crippen LogP contribution in [-0.4, -0.2) is 80.0 Å². The van der Waals surface area contributed by atoms with Crippen LogP contribution in [0.5, 0.6) is 0 Å². The van der Waals surface area contributed by atoms with Crippen LogP contribution in [0.1, 0.15) is 46.3 Å². The van der Waals surface area contributed by atoms with Gasteiger partial charge in [-0.2, -0.15) is 10.2 Å². The number of hydrogen-bond acceptors (Lipinski definition) is 11. The molecule has 0 spiro atoms. The number of ether oxygens (including phenoxy) is 1. The van der Waals surface area contributed by atoms with Crippen molar-refractivity contribution < 1.29 is 9.53 Å². The zero-order valence-corrected chi connectivity index (χ0v) is 30.2. The van der Waals surface area contributed by atoms with E-state index >= 15 is 0 Å². The SMILES string of the molecule is CCN(Cc1nc2c([nH]1)c(N)nc1cc(-c3ccn[nH]3)ccc12)C(=O)OC(C)(C)C.CCNCc1nc2c([nH]1)c(N)nc1cc(-c3ccn[nH]3)ccc12. The fraction of sp³-hybridized carbons (Fsp3) is 0.270. The molecule has 0 aliphatic carbocycles. The van der Waals surface area contributed by atoms with Gasteiger partial charge in [-0.25, -0.2) is 24.7 Å². The number of nitrogen functional groups attached to an aromatic ring is 2. The van der Waals surface area contributed by atoms with Crippen molar-refractivity contribution in [3.63, 3.8) is 0 Å². The molecule has 0 aliphatic heterocycles. The van der Waals surface area contributed by atoms with Gasteiger partial charge in [0.2, 0.25) is 0 Å². The number of pyridine rings is 2. The number of imidazole rings is 2. The van der Waals surface area contributed by atoms with E-state index in [0.29, 0.717) is 36.1 Å². The van der Waals surface area contributed by atoms with Gasteiger partial charge in [0.15, 0.2) is 0 Å². The largest absolute Gasteiger partial charge is 0.444 e. The Bertz CT molecular complexity index is 2530. The van der Waals surface area contributed by atoms with Crippen molar-refractivity contribution in [3.05, 3.63) is 72.6 Å². The molecule has 6 aromatic heterocycles. The summed E-state index contributed by atoms with van der Waals surface area (Å²) in [6.45, 7) is 11.8. The minimum Gasteiger partial charge on any atom is -0.444 e. The fourth-order valence-electron chi connectivity index (χ4n) is 6.01. The minimum atomic E-state index is -0.560. The highest BCUT2D eigenvalue weighted by molar-refractivity contribution is 6.08. The minimum absolute atomic E-state index is 0.285. The molecular weight excluding hydrogens is 673 g/mol. The highest BCUT2D eigenvalue weighted by atomic mass is 16.6. The second-order valence-corrected chi connectivity index (χ2v) is 13.5. The predicted octanol–water partition coefficient (Wildman–Crippen LogP) is 6.03. The van der Waals surface area contributed by atoms with Crippen LogP contribution in [0.15, 0.2) is 60.9 Å². The number of amides is 1. The van der Waals surface area contributed by atoms with Crippen molar-refractivity contribution in [2.45, 2.75) is 53.3 Å². The first-order valence-corrected chi connectivity index (χ1v) is 17.3. The average Bonchev–Trinajstić information content (AvgIpc) is 3.96. The maximum absolute atomic E-state index is 12.5. The second-order valence-electron chi connectivity index (χ2n) is 13.5. The number of hydrogen-bond donors (Lipinski definition) is 7. The molecule has 272 valence electrons. The molecule has 0 unspecified atom stereocenters. The average molecular weight is 715 g/mol. The Kier molecular flexibility index (Phi) is 9.36. The van der Waals surface area contributed by atoms with E-state index in [9.17, 15) is 4.79 Å². The molecule has 0 atom stereocenters. The molecule has 0 aliphatic rings. The van der Waals surface area contributed by atoms with Crippen LogP contribution < -0.4 is 16.8 Å². The lowest BCUT2D eigenvalue weighted by molar-refractivity contribution is 0.0240. The number of fused-ring (bicyclic) bond motifs is 6. The molecule has 8 aromatic rings. The molecule has 0 bridgehead atoms. The summed E-state index contributed by atoms with van der Waals surface area (Å²) in [6.07, 6.45) is 3.05. The number of carbonyl (C=O) groups excluding carboxylic acids is 1. The topological polar surface area (TPSA) is 234 Å². The summed E-state index contributed by atoms with van der Waals surface area (Å²) in [5, 5.41) is 19.0. The molecule has 6 heterocycles. The highest BCUT2D eigenvalue weighted by Gasteiger charge is 2.23. The van der Waals surface area contributed by atoms with E-state index in [1.54, 1.807) is 17.3 Å². The fourth-order valence-corrected chi connectivity index (χ4v) is 6.01. The Morgan fingerprint density at radius 3 is 1.77 bits per heavy atom. The number of H-pyrrole nitrogens is 4. The first-order chi connectivity index (χ1) is 25.5. The van der Waals surface area contributed by atoms with Gasteiger partial charge < -0.3 is 36.4 Å². The maximum atomic E-state index is 12.5. The molecule has 2 aromatic carbocycles. The third-order valence-corrected chi connectivity index (χ3v) is 8.55.